The van der Waals surface area contributed by atoms with Gasteiger partial charge in [0.05, 0.1) is 26.9 Å². The number of likely N-dealkylation sites (tertiary alicyclic amines) is 1. The maximum Gasteiger partial charge on any atom is 0.241 e. The first kappa shape index (κ1) is 25.5. The Morgan fingerprint density at radius 1 is 1.06 bits per heavy atom. The molecule has 0 atom stereocenters. The fourth-order valence-electron chi connectivity index (χ4n) is 4.26. The smallest absolute Gasteiger partial charge is 0.241 e. The van der Waals surface area contributed by atoms with Crippen LogP contribution in [-0.2, 0) is 17.9 Å². The minimum Gasteiger partial charge on any atom is -0.497 e. The number of nitrogens with one attached hydrogen (secondary N) is 1. The summed E-state index contributed by atoms with van der Waals surface area (Å²) < 4.78 is 21.9. The van der Waals surface area contributed by atoms with Gasteiger partial charge in [-0.25, -0.2) is 0 Å². The highest BCUT2D eigenvalue weighted by Crippen LogP contribution is 2.29. The van der Waals surface area contributed by atoms with Crippen LogP contribution in [0.5, 0.6) is 17.2 Å². The Bertz CT molecular complexity index is 1120. The van der Waals surface area contributed by atoms with Crippen molar-refractivity contribution < 1.29 is 23.5 Å². The number of nitrogens with zero attached hydrogens (tertiary/aromatic N) is 3. The average molecular weight is 495 g/mol. The molecule has 1 aromatic heterocycles. The topological polar surface area (TPSA) is 99.0 Å². The highest BCUT2D eigenvalue weighted by molar-refractivity contribution is 5.78. The van der Waals surface area contributed by atoms with Crippen LogP contribution >= 0.6 is 0 Å². The zero-order valence-corrected chi connectivity index (χ0v) is 21.2. The van der Waals surface area contributed by atoms with E-state index in [2.05, 4.69) is 20.4 Å². The van der Waals surface area contributed by atoms with Gasteiger partial charge in [-0.15, -0.1) is 0 Å². The van der Waals surface area contributed by atoms with Crippen molar-refractivity contribution in [1.82, 2.24) is 20.4 Å². The molecule has 1 aliphatic heterocycles. The summed E-state index contributed by atoms with van der Waals surface area (Å²) >= 11 is 0. The van der Waals surface area contributed by atoms with Gasteiger partial charge in [0.2, 0.25) is 17.6 Å². The molecule has 0 saturated carbocycles. The molecule has 3 aromatic rings. The Labute approximate surface area is 211 Å². The van der Waals surface area contributed by atoms with E-state index in [4.69, 9.17) is 18.7 Å². The van der Waals surface area contributed by atoms with Gasteiger partial charge in [-0.3, -0.25) is 9.69 Å². The van der Waals surface area contributed by atoms with Gasteiger partial charge in [0, 0.05) is 18.0 Å². The minimum absolute atomic E-state index is 0.00662. The molecule has 4 rings (SSSR count). The number of methoxy groups -OCH3 is 1. The highest BCUT2D eigenvalue weighted by Gasteiger charge is 2.26. The number of aromatic nitrogens is 2. The van der Waals surface area contributed by atoms with E-state index in [9.17, 15) is 4.79 Å². The molecule has 0 aliphatic carbocycles. The van der Waals surface area contributed by atoms with Crippen LogP contribution in [0.2, 0.25) is 0 Å². The summed E-state index contributed by atoms with van der Waals surface area (Å²) in [6, 6.07) is 13.3. The Kier molecular flexibility index (Phi) is 8.78. The van der Waals surface area contributed by atoms with Crippen molar-refractivity contribution in [1.29, 1.82) is 0 Å². The molecule has 1 amide bonds. The Morgan fingerprint density at radius 2 is 1.78 bits per heavy atom. The molecule has 192 valence electrons. The molecule has 1 aliphatic rings. The van der Waals surface area contributed by atoms with Crippen LogP contribution < -0.4 is 19.5 Å². The molecule has 36 heavy (non-hydrogen) atoms. The number of rotatable bonds is 11. The Morgan fingerprint density at radius 3 is 2.47 bits per heavy atom. The van der Waals surface area contributed by atoms with Gasteiger partial charge in [-0.05, 0) is 81.7 Å². The number of hydrogen-bond donors (Lipinski definition) is 1. The quantitative estimate of drug-likeness (QED) is 0.426. The summed E-state index contributed by atoms with van der Waals surface area (Å²) in [6.45, 7) is 7.65. The lowest BCUT2D eigenvalue weighted by Gasteiger charge is -2.30. The summed E-state index contributed by atoms with van der Waals surface area (Å²) in [5.74, 6) is 3.42. The number of carbonyl (C=O) groups excluding carboxylic acids is 1. The van der Waals surface area contributed by atoms with Crippen molar-refractivity contribution in [2.45, 2.75) is 39.8 Å². The number of carbonyl (C=O) groups is 1. The summed E-state index contributed by atoms with van der Waals surface area (Å²) in [7, 11) is 1.63. The molecule has 1 saturated heterocycles. The van der Waals surface area contributed by atoms with Crippen LogP contribution in [0.4, 0.5) is 0 Å². The second-order valence-corrected chi connectivity index (χ2v) is 8.66. The van der Waals surface area contributed by atoms with E-state index >= 15 is 0 Å². The van der Waals surface area contributed by atoms with E-state index in [1.54, 1.807) is 7.11 Å². The molecule has 0 bridgehead atoms. The van der Waals surface area contributed by atoms with Crippen molar-refractivity contribution in [3.05, 3.63) is 53.9 Å². The van der Waals surface area contributed by atoms with Gasteiger partial charge in [0.1, 0.15) is 5.75 Å². The lowest BCUT2D eigenvalue weighted by molar-refractivity contribution is -0.126. The van der Waals surface area contributed by atoms with Gasteiger partial charge >= 0.3 is 0 Å². The maximum atomic E-state index is 12.8. The summed E-state index contributed by atoms with van der Waals surface area (Å²) in [5.41, 5.74) is 1.86. The molecule has 0 spiro atoms. The highest BCUT2D eigenvalue weighted by atomic mass is 16.5. The first-order chi connectivity index (χ1) is 17.6. The van der Waals surface area contributed by atoms with E-state index in [0.29, 0.717) is 43.8 Å². The SMILES string of the molecule is CCOc1ccc(CNC(=O)C2CCN(Cc3nc(-c4ccc(OC)cc4)no3)CC2)cc1OCC. The van der Waals surface area contributed by atoms with E-state index in [1.807, 2.05) is 56.3 Å². The number of benzene rings is 2. The van der Waals surface area contributed by atoms with Crippen molar-refractivity contribution in [2.75, 3.05) is 33.4 Å². The maximum absolute atomic E-state index is 12.8. The summed E-state index contributed by atoms with van der Waals surface area (Å²) in [6.07, 6.45) is 1.58. The summed E-state index contributed by atoms with van der Waals surface area (Å²) in [5, 5.41) is 7.18. The molecular formula is C27H34N4O5. The second-order valence-electron chi connectivity index (χ2n) is 8.66. The summed E-state index contributed by atoms with van der Waals surface area (Å²) in [4.78, 5) is 19.6. The molecule has 0 radical (unpaired) electrons. The molecule has 9 heteroatoms. The van der Waals surface area contributed by atoms with Gasteiger partial charge in [0.15, 0.2) is 11.5 Å². The normalized spacial score (nSPS) is 14.4. The fourth-order valence-corrected chi connectivity index (χ4v) is 4.26. The van der Waals surface area contributed by atoms with Crippen molar-refractivity contribution in [3.8, 4) is 28.6 Å². The third-order valence-electron chi connectivity index (χ3n) is 6.21. The van der Waals surface area contributed by atoms with Crippen molar-refractivity contribution in [2.24, 2.45) is 5.92 Å². The fraction of sp³-hybridized carbons (Fsp3) is 0.444. The predicted octanol–water partition coefficient (Wildman–Crippen LogP) is 4.07. The first-order valence-electron chi connectivity index (χ1n) is 12.4. The lowest BCUT2D eigenvalue weighted by atomic mass is 9.96. The van der Waals surface area contributed by atoms with Crippen LogP contribution in [0.25, 0.3) is 11.4 Å². The average Bonchev–Trinajstić information content (AvgIpc) is 3.38. The molecule has 0 unspecified atom stereocenters. The van der Waals surface area contributed by atoms with Crippen LogP contribution in [-0.4, -0.2) is 54.4 Å². The zero-order valence-electron chi connectivity index (χ0n) is 21.2. The first-order valence-corrected chi connectivity index (χ1v) is 12.4. The number of piperidine rings is 1. The second kappa shape index (κ2) is 12.4. The van der Waals surface area contributed by atoms with Gasteiger partial charge in [-0.1, -0.05) is 11.2 Å². The van der Waals surface area contributed by atoms with E-state index < -0.39 is 0 Å². The largest absolute Gasteiger partial charge is 0.497 e. The van der Waals surface area contributed by atoms with Gasteiger partial charge < -0.3 is 24.1 Å². The third kappa shape index (κ3) is 6.54. The molecule has 1 N–H and O–H groups in total. The zero-order chi connectivity index (χ0) is 25.3. The van der Waals surface area contributed by atoms with E-state index in [-0.39, 0.29) is 11.8 Å². The number of hydrogen-bond acceptors (Lipinski definition) is 8. The van der Waals surface area contributed by atoms with Crippen LogP contribution in [0.1, 0.15) is 38.1 Å². The standard InChI is InChI=1S/C27H34N4O5/c1-4-34-23-11-6-19(16-24(23)35-5-2)17-28-27(32)21-12-14-31(15-13-21)18-25-29-26(30-36-25)20-7-9-22(33-3)10-8-20/h6-11,16,21H,4-5,12-15,17-18H2,1-3H3,(H,28,32). The third-order valence-corrected chi connectivity index (χ3v) is 6.21. The number of amides is 1. The monoisotopic (exact) mass is 494 g/mol. The van der Waals surface area contributed by atoms with E-state index in [1.165, 1.54) is 0 Å². The Hall–Kier alpha value is -3.59. The molecule has 2 heterocycles. The number of ether oxygens (including phenoxy) is 3. The lowest BCUT2D eigenvalue weighted by Crippen LogP contribution is -2.40. The molecular weight excluding hydrogens is 460 g/mol. The van der Waals surface area contributed by atoms with Crippen LogP contribution in [0.3, 0.4) is 0 Å². The van der Waals surface area contributed by atoms with Crippen LogP contribution in [0, 0.1) is 5.92 Å². The van der Waals surface area contributed by atoms with Gasteiger partial charge in [-0.2, -0.15) is 4.98 Å². The molecule has 2 aromatic carbocycles. The van der Waals surface area contributed by atoms with Crippen molar-refractivity contribution >= 4 is 5.91 Å². The van der Waals surface area contributed by atoms with Crippen molar-refractivity contribution in [3.63, 3.8) is 0 Å². The van der Waals surface area contributed by atoms with Crippen LogP contribution in [0.15, 0.2) is 47.0 Å². The van der Waals surface area contributed by atoms with E-state index in [0.717, 1.165) is 48.6 Å². The molecule has 9 nitrogen and oxygen atoms in total. The Balaban J connectivity index is 1.24. The van der Waals surface area contributed by atoms with Gasteiger partial charge in [0.25, 0.3) is 0 Å². The minimum atomic E-state index is -0.00662. The predicted molar refractivity (Wildman–Crippen MR) is 135 cm³/mol. The molecule has 1 fully saturated rings.